The van der Waals surface area contributed by atoms with Gasteiger partial charge < -0.3 is 10.2 Å². The largest absolute Gasteiger partial charge is 0.481 e. The highest BCUT2D eigenvalue weighted by Crippen LogP contribution is 1.93. The molecule has 0 fully saturated rings. The van der Waals surface area contributed by atoms with Gasteiger partial charge in [0.2, 0.25) is 6.29 Å². The Labute approximate surface area is 62.6 Å². The van der Waals surface area contributed by atoms with Gasteiger partial charge in [-0.25, -0.2) is 0 Å². The van der Waals surface area contributed by atoms with Gasteiger partial charge in [-0.15, -0.1) is 0 Å². The lowest BCUT2D eigenvalue weighted by atomic mass is 10.1. The van der Waals surface area contributed by atoms with Crippen LogP contribution >= 0.6 is 0 Å². The Kier molecular flexibility index (Phi) is 4.05. The Morgan fingerprint density at radius 1 is 1.36 bits per heavy atom. The summed E-state index contributed by atoms with van der Waals surface area (Å²) < 4.78 is 0. The number of ketones is 1. The zero-order valence-corrected chi connectivity index (χ0v) is 5.61. The highest BCUT2D eigenvalue weighted by molar-refractivity contribution is 5.97. The first-order chi connectivity index (χ1) is 5.07. The van der Waals surface area contributed by atoms with Gasteiger partial charge in [0, 0.05) is 6.42 Å². The minimum absolute atomic E-state index is 0.342. The van der Waals surface area contributed by atoms with Gasteiger partial charge in [-0.3, -0.25) is 14.4 Å². The van der Waals surface area contributed by atoms with E-state index in [9.17, 15) is 14.4 Å². The molecule has 0 heterocycles. The molecule has 0 rings (SSSR count). The molecule has 5 heteroatoms. The van der Waals surface area contributed by atoms with Gasteiger partial charge in [0.1, 0.15) is 0 Å². The van der Waals surface area contributed by atoms with E-state index in [-0.39, 0.29) is 12.8 Å². The van der Waals surface area contributed by atoms with Crippen LogP contribution < -0.4 is 0 Å². The number of hydrogen-bond acceptors (Lipinski definition) is 4. The molecule has 0 saturated carbocycles. The highest BCUT2D eigenvalue weighted by Gasteiger charge is 2.15. The maximum absolute atomic E-state index is 10.5. The standard InChI is InChI=1S/C6H7O5/c7-3-5(9)4(8)1-2-6(10)11/h5,9H,1-2H2,(H,10,11). The second kappa shape index (κ2) is 4.56. The number of Topliss-reactive ketones (excluding diaryl/α,β-unsaturated/α-hetero) is 1. The monoisotopic (exact) mass is 159 g/mol. The molecule has 0 aromatic heterocycles. The minimum atomic E-state index is -1.80. The number of rotatable bonds is 5. The van der Waals surface area contributed by atoms with E-state index in [1.807, 2.05) is 0 Å². The molecule has 1 unspecified atom stereocenters. The van der Waals surface area contributed by atoms with Crippen molar-refractivity contribution >= 4 is 18.0 Å². The molecule has 1 radical (unpaired) electrons. The van der Waals surface area contributed by atoms with Gasteiger partial charge in [0.15, 0.2) is 11.9 Å². The Hall–Kier alpha value is -1.23. The molecular weight excluding hydrogens is 152 g/mol. The van der Waals surface area contributed by atoms with E-state index in [0.717, 1.165) is 6.29 Å². The van der Waals surface area contributed by atoms with Crippen LogP contribution in [0.2, 0.25) is 0 Å². The van der Waals surface area contributed by atoms with Crippen molar-refractivity contribution in [3.05, 3.63) is 0 Å². The molecule has 0 aliphatic heterocycles. The second-order valence-electron chi connectivity index (χ2n) is 1.88. The number of hydrogen-bond donors (Lipinski definition) is 2. The van der Waals surface area contributed by atoms with E-state index in [1.54, 1.807) is 0 Å². The van der Waals surface area contributed by atoms with Crippen LogP contribution in [-0.4, -0.2) is 34.4 Å². The minimum Gasteiger partial charge on any atom is -0.481 e. The summed E-state index contributed by atoms with van der Waals surface area (Å²) in [4.78, 5) is 30.0. The molecule has 0 aromatic rings. The normalized spacial score (nSPS) is 12.1. The predicted molar refractivity (Wildman–Crippen MR) is 33.6 cm³/mol. The lowest BCUT2D eigenvalue weighted by Gasteiger charge is -1.97. The van der Waals surface area contributed by atoms with Crippen molar-refractivity contribution in [2.45, 2.75) is 18.9 Å². The SMILES string of the molecule is O=[C]C(O)C(=O)CCC(=O)O. The first kappa shape index (κ1) is 9.77. The van der Waals surface area contributed by atoms with Crippen LogP contribution in [0, 0.1) is 0 Å². The van der Waals surface area contributed by atoms with Crippen molar-refractivity contribution in [3.8, 4) is 0 Å². The quantitative estimate of drug-likeness (QED) is 0.496. The summed E-state index contributed by atoms with van der Waals surface area (Å²) in [6.07, 6.45) is -1.46. The fourth-order valence-corrected chi connectivity index (χ4v) is 0.433. The van der Waals surface area contributed by atoms with E-state index in [2.05, 4.69) is 0 Å². The second-order valence-corrected chi connectivity index (χ2v) is 1.88. The van der Waals surface area contributed by atoms with Crippen molar-refractivity contribution < 1.29 is 24.6 Å². The van der Waals surface area contributed by atoms with Crippen molar-refractivity contribution in [1.82, 2.24) is 0 Å². The van der Waals surface area contributed by atoms with Crippen LogP contribution in [0.15, 0.2) is 0 Å². The average Bonchev–Trinajstić information content (AvgIpc) is 1.98. The molecule has 1 atom stereocenters. The maximum atomic E-state index is 10.5. The van der Waals surface area contributed by atoms with E-state index < -0.39 is 17.9 Å². The number of carboxylic acid groups (broad SMARTS) is 1. The number of aliphatic hydroxyl groups is 1. The average molecular weight is 159 g/mol. The van der Waals surface area contributed by atoms with Crippen LogP contribution in [0.5, 0.6) is 0 Å². The third-order valence-electron chi connectivity index (χ3n) is 1.00. The lowest BCUT2D eigenvalue weighted by molar-refractivity contribution is -0.139. The Morgan fingerprint density at radius 3 is 2.27 bits per heavy atom. The summed E-state index contributed by atoms with van der Waals surface area (Å²) in [7, 11) is 0. The molecule has 0 bridgehead atoms. The number of carboxylic acids is 1. The van der Waals surface area contributed by atoms with Crippen molar-refractivity contribution in [1.29, 1.82) is 0 Å². The van der Waals surface area contributed by atoms with Gasteiger partial charge >= 0.3 is 5.97 Å². The lowest BCUT2D eigenvalue weighted by Crippen LogP contribution is -2.22. The molecule has 0 aromatic carbocycles. The van der Waals surface area contributed by atoms with Gasteiger partial charge in [-0.05, 0) is 0 Å². The fourth-order valence-electron chi connectivity index (χ4n) is 0.433. The predicted octanol–water partition coefficient (Wildman–Crippen LogP) is -1.11. The zero-order valence-electron chi connectivity index (χ0n) is 5.61. The Balaban J connectivity index is 3.69. The summed E-state index contributed by atoms with van der Waals surface area (Å²) in [5.41, 5.74) is 0. The highest BCUT2D eigenvalue weighted by atomic mass is 16.4. The van der Waals surface area contributed by atoms with Crippen LogP contribution in [0.1, 0.15) is 12.8 Å². The van der Waals surface area contributed by atoms with E-state index in [4.69, 9.17) is 10.2 Å². The van der Waals surface area contributed by atoms with E-state index in [0.29, 0.717) is 0 Å². The number of aliphatic carboxylic acids is 1. The molecule has 5 nitrogen and oxygen atoms in total. The molecule has 0 saturated heterocycles. The van der Waals surface area contributed by atoms with E-state index in [1.165, 1.54) is 0 Å². The summed E-state index contributed by atoms with van der Waals surface area (Å²) in [6, 6.07) is 0. The van der Waals surface area contributed by atoms with Crippen molar-refractivity contribution in [2.24, 2.45) is 0 Å². The molecule has 0 aliphatic rings. The fraction of sp³-hybridized carbons (Fsp3) is 0.500. The molecule has 2 N–H and O–H groups in total. The molecule has 11 heavy (non-hydrogen) atoms. The smallest absolute Gasteiger partial charge is 0.303 e. The number of carbonyl (C=O) groups excluding carboxylic acids is 2. The third kappa shape index (κ3) is 4.21. The van der Waals surface area contributed by atoms with Crippen LogP contribution in [0.3, 0.4) is 0 Å². The maximum Gasteiger partial charge on any atom is 0.303 e. The van der Waals surface area contributed by atoms with Crippen LogP contribution in [0.25, 0.3) is 0 Å². The first-order valence-electron chi connectivity index (χ1n) is 2.88. The van der Waals surface area contributed by atoms with Gasteiger partial charge in [-0.1, -0.05) is 0 Å². The van der Waals surface area contributed by atoms with Crippen LogP contribution in [-0.2, 0) is 14.4 Å². The number of aliphatic hydroxyl groups excluding tert-OH is 1. The Bertz CT molecular complexity index is 174. The topological polar surface area (TPSA) is 91.7 Å². The van der Waals surface area contributed by atoms with Gasteiger partial charge in [0.05, 0.1) is 6.42 Å². The summed E-state index contributed by atoms with van der Waals surface area (Å²) in [5.74, 6) is -1.96. The summed E-state index contributed by atoms with van der Waals surface area (Å²) in [6.45, 7) is 0. The molecule has 0 aliphatic carbocycles. The number of carbonyl (C=O) groups is 2. The molecular formula is C6H7O5. The van der Waals surface area contributed by atoms with Crippen LogP contribution in [0.4, 0.5) is 0 Å². The third-order valence-corrected chi connectivity index (χ3v) is 1.00. The first-order valence-corrected chi connectivity index (χ1v) is 2.88. The molecule has 61 valence electrons. The van der Waals surface area contributed by atoms with Gasteiger partial charge in [0.25, 0.3) is 0 Å². The van der Waals surface area contributed by atoms with E-state index >= 15 is 0 Å². The van der Waals surface area contributed by atoms with Crippen molar-refractivity contribution in [3.63, 3.8) is 0 Å². The Morgan fingerprint density at radius 2 is 1.91 bits per heavy atom. The summed E-state index contributed by atoms with van der Waals surface area (Å²) >= 11 is 0. The molecule has 0 amide bonds. The summed E-state index contributed by atoms with van der Waals surface area (Å²) in [5, 5.41) is 16.6. The van der Waals surface area contributed by atoms with Crippen molar-refractivity contribution in [2.75, 3.05) is 0 Å². The zero-order chi connectivity index (χ0) is 8.85. The van der Waals surface area contributed by atoms with Gasteiger partial charge in [-0.2, -0.15) is 0 Å². The molecule has 0 spiro atoms.